The van der Waals surface area contributed by atoms with Gasteiger partial charge in [0.15, 0.2) is 0 Å². The third-order valence-corrected chi connectivity index (χ3v) is 2.09. The van der Waals surface area contributed by atoms with Crippen LogP contribution in [0.2, 0.25) is 0 Å². The number of nitrogens with one attached hydrogen (secondary N) is 2. The smallest absolute Gasteiger partial charge is 1.00 e. The van der Waals surface area contributed by atoms with Crippen LogP contribution in [0.1, 0.15) is 1.43 Å². The molecule has 0 radical (unpaired) electrons. The molecule has 0 heterocycles. The van der Waals surface area contributed by atoms with Gasteiger partial charge in [-0.15, -0.1) is 0 Å². The number of hydrogen-bond donors (Lipinski definition) is 6. The zero-order valence-corrected chi connectivity index (χ0v) is 13.6. The van der Waals surface area contributed by atoms with E-state index in [2.05, 4.69) is 15.0 Å². The van der Waals surface area contributed by atoms with Crippen LogP contribution in [-0.2, 0) is 14.1 Å². The molecule has 0 saturated carbocycles. The number of carbonyl (C=O) groups is 2. The number of aliphatic hydroxyl groups is 1. The number of guanidine groups is 1. The molecule has 0 aliphatic rings. The minimum absolute atomic E-state index is 0. The molecule has 0 unspecified atom stereocenters. The molecule has 0 aromatic heterocycles. The van der Waals surface area contributed by atoms with Crippen LogP contribution in [-0.4, -0.2) is 58.9 Å². The van der Waals surface area contributed by atoms with Crippen molar-refractivity contribution in [2.24, 2.45) is 10.7 Å². The zero-order valence-electron chi connectivity index (χ0n) is 11.7. The first kappa shape index (κ1) is 21.8. The van der Waals surface area contributed by atoms with Crippen molar-refractivity contribution in [2.45, 2.75) is 6.10 Å². The number of nitrogens with two attached hydrogens (primary N) is 1. The first-order valence-corrected chi connectivity index (χ1v) is 6.67. The van der Waals surface area contributed by atoms with Gasteiger partial charge in [0.2, 0.25) is 12.4 Å². The molecule has 0 aromatic rings. The average Bonchev–Trinajstić information content (AvgIpc) is 2.28. The van der Waals surface area contributed by atoms with E-state index in [0.29, 0.717) is 0 Å². The van der Waals surface area contributed by atoms with Gasteiger partial charge in [-0.25, -0.2) is 4.79 Å². The number of ether oxygens (including phenoxy) is 1. The second-order valence-corrected chi connectivity index (χ2v) is 4.81. The van der Waals surface area contributed by atoms with E-state index in [0.717, 1.165) is 0 Å². The van der Waals surface area contributed by atoms with Gasteiger partial charge in [-0.2, -0.15) is 4.99 Å². The van der Waals surface area contributed by atoms with Gasteiger partial charge in [-0.3, -0.25) is 14.7 Å². The Balaban J connectivity index is -0.00000162. The van der Waals surface area contributed by atoms with E-state index in [1.165, 1.54) is 0 Å². The summed E-state index contributed by atoms with van der Waals surface area (Å²) in [5.41, 5.74) is 5.10. The predicted octanol–water partition coefficient (Wildman–Crippen LogP) is -5.61. The Morgan fingerprint density at radius 3 is 2.60 bits per heavy atom. The number of amides is 3. The summed E-state index contributed by atoms with van der Waals surface area (Å²) < 4.78 is 15.2. The van der Waals surface area contributed by atoms with Crippen molar-refractivity contribution in [1.29, 1.82) is 0 Å². The molecule has 0 aliphatic carbocycles. The molecule has 11 nitrogen and oxygen atoms in total. The van der Waals surface area contributed by atoms with Crippen molar-refractivity contribution in [3.63, 3.8) is 0 Å². The largest absolute Gasteiger partial charge is 1.00 e. The van der Waals surface area contributed by atoms with Crippen molar-refractivity contribution < 1.29 is 64.8 Å². The van der Waals surface area contributed by atoms with E-state index < -0.39 is 38.6 Å². The molecule has 20 heavy (non-hydrogen) atoms. The summed E-state index contributed by atoms with van der Waals surface area (Å²) >= 11 is 0. The summed E-state index contributed by atoms with van der Waals surface area (Å²) in [4.78, 5) is 41.2. The molecule has 0 rings (SSSR count). The minimum Gasteiger partial charge on any atom is -1.00 e. The molecule has 7 N–H and O–H groups in total. The predicted molar refractivity (Wildman–Crippen MR) is 64.2 cm³/mol. The maximum absolute atomic E-state index is 11.2. The van der Waals surface area contributed by atoms with Crippen LogP contribution in [0.5, 0.6) is 0 Å². The molecule has 112 valence electrons. The fourth-order valence-corrected chi connectivity index (χ4v) is 1.24. The molecule has 0 aromatic carbocycles. The van der Waals surface area contributed by atoms with Crippen LogP contribution < -0.4 is 45.9 Å². The number of nitrogens with zero attached hydrogens (tertiary/aromatic N) is 1. The zero-order chi connectivity index (χ0) is 14.9. The Hall–Kier alpha value is -0.520. The second kappa shape index (κ2) is 11.2. The van der Waals surface area contributed by atoms with Crippen molar-refractivity contribution >= 4 is 26.0 Å². The van der Waals surface area contributed by atoms with Gasteiger partial charge >= 0.3 is 43.2 Å². The average molecular weight is 322 g/mol. The Bertz CT molecular complexity index is 393. The quantitative estimate of drug-likeness (QED) is 0.0880. The number of urea groups is 1. The summed E-state index contributed by atoms with van der Waals surface area (Å²) in [6, 6.07) is -0.818. The van der Waals surface area contributed by atoms with E-state index in [1.807, 2.05) is 5.32 Å². The Morgan fingerprint density at radius 2 is 2.15 bits per heavy atom. The fourth-order valence-electron chi connectivity index (χ4n) is 0.835. The molecule has 0 aliphatic heterocycles. The fraction of sp³-hybridized carbons (Fsp3) is 0.571. The van der Waals surface area contributed by atoms with E-state index in [9.17, 15) is 14.2 Å². The molecule has 0 spiro atoms. The summed E-state index contributed by atoms with van der Waals surface area (Å²) in [7, 11) is -4.35. The van der Waals surface area contributed by atoms with Crippen molar-refractivity contribution in [3.8, 4) is 0 Å². The molecular formula is C7H16N4NaO7P. The normalized spacial score (nSPS) is 13.1. The molecule has 0 saturated heterocycles. The molecule has 1 atom stereocenters. The Kier molecular flexibility index (Phi) is 12.2. The van der Waals surface area contributed by atoms with Gasteiger partial charge in [0.1, 0.15) is 6.35 Å². The third kappa shape index (κ3) is 12.5. The maximum Gasteiger partial charge on any atom is 1.00 e. The maximum atomic E-state index is 11.2. The summed E-state index contributed by atoms with van der Waals surface area (Å²) in [5, 5.41) is 13.0. The Morgan fingerprint density at radius 1 is 1.55 bits per heavy atom. The van der Waals surface area contributed by atoms with Crippen molar-refractivity contribution in [2.75, 3.05) is 19.5 Å². The van der Waals surface area contributed by atoms with Gasteiger partial charge in [-0.1, -0.05) is 0 Å². The standard InChI is InChI=1S/C7H15N4O7P.Na.H/c8-6(10-3-13)11-7(14)9-1-5(2-12)18-4-19(15,16)17;;/h3,5,12H,1-2,4H2,(H2,15,16,17)(H4,8,9,10,11,13,14);;/q;+1;-1/t5-;;/m0../s1. The monoisotopic (exact) mass is 322 g/mol. The van der Waals surface area contributed by atoms with Gasteiger partial charge in [0.25, 0.3) is 0 Å². The first-order valence-electron chi connectivity index (χ1n) is 4.87. The van der Waals surface area contributed by atoms with Gasteiger partial charge in [0, 0.05) is 6.54 Å². The number of rotatable bonds is 7. The van der Waals surface area contributed by atoms with Crippen LogP contribution in [0.25, 0.3) is 0 Å². The Labute approximate surface area is 137 Å². The van der Waals surface area contributed by atoms with Crippen LogP contribution in [0, 0.1) is 0 Å². The van der Waals surface area contributed by atoms with E-state index >= 15 is 0 Å². The third-order valence-electron chi connectivity index (χ3n) is 1.61. The summed E-state index contributed by atoms with van der Waals surface area (Å²) in [6.45, 7) is -0.783. The summed E-state index contributed by atoms with van der Waals surface area (Å²) in [5.74, 6) is -0.427. The molecule has 0 fully saturated rings. The van der Waals surface area contributed by atoms with Crippen molar-refractivity contribution in [1.82, 2.24) is 10.6 Å². The number of aliphatic imine (C=N–C) groups is 1. The molecule has 13 heteroatoms. The SMILES string of the molecule is NC(=NC=O)NC(=O)NC[C@@H](CO)OCP(=O)(O)O.[H-].[Na+]. The second-order valence-electron chi connectivity index (χ2n) is 3.22. The van der Waals surface area contributed by atoms with E-state index in [4.69, 9.17) is 20.6 Å². The van der Waals surface area contributed by atoms with Crippen LogP contribution >= 0.6 is 7.60 Å². The number of hydrogen-bond acceptors (Lipinski definition) is 5. The van der Waals surface area contributed by atoms with E-state index in [-0.39, 0.29) is 43.9 Å². The van der Waals surface area contributed by atoms with Gasteiger partial charge in [0.05, 0.1) is 12.7 Å². The van der Waals surface area contributed by atoms with Gasteiger partial charge < -0.3 is 32.1 Å². The number of carbonyl (C=O) groups excluding carboxylic acids is 2. The molecule has 0 bridgehead atoms. The van der Waals surface area contributed by atoms with E-state index in [1.54, 1.807) is 0 Å². The summed E-state index contributed by atoms with van der Waals surface area (Å²) in [6.07, 6.45) is -1.74. The van der Waals surface area contributed by atoms with Crippen LogP contribution in [0.15, 0.2) is 4.99 Å². The van der Waals surface area contributed by atoms with Crippen LogP contribution in [0.4, 0.5) is 4.79 Å². The minimum atomic E-state index is -4.35. The topological polar surface area (TPSA) is 184 Å². The molecule has 3 amide bonds. The number of aliphatic hydroxyl groups excluding tert-OH is 1. The molecular weight excluding hydrogens is 306 g/mol. The van der Waals surface area contributed by atoms with Crippen molar-refractivity contribution in [3.05, 3.63) is 0 Å². The first-order chi connectivity index (χ1) is 8.78. The van der Waals surface area contributed by atoms with Gasteiger partial charge in [-0.05, 0) is 0 Å². The van der Waals surface area contributed by atoms with Crippen LogP contribution in [0.3, 0.4) is 0 Å².